The molecule has 0 bridgehead atoms. The molecule has 0 aromatic carbocycles. The molecule has 2 fully saturated rings. The normalized spacial score (nSPS) is 23.1. The molecular formula is C13H20N2OS. The number of nitrogens with one attached hydrogen (secondary N) is 1. The van der Waals surface area contributed by atoms with Gasteiger partial charge in [0.1, 0.15) is 10.6 Å². The Kier molecular flexibility index (Phi) is 3.19. The van der Waals surface area contributed by atoms with E-state index in [1.165, 1.54) is 36.4 Å². The van der Waals surface area contributed by atoms with Crippen molar-refractivity contribution in [3.63, 3.8) is 0 Å². The van der Waals surface area contributed by atoms with Crippen LogP contribution in [0.4, 0.5) is 0 Å². The van der Waals surface area contributed by atoms with Crippen LogP contribution in [0, 0.1) is 0 Å². The average molecular weight is 252 g/mol. The minimum absolute atomic E-state index is 0.0670. The van der Waals surface area contributed by atoms with Crippen LogP contribution in [0.15, 0.2) is 5.38 Å². The van der Waals surface area contributed by atoms with Crippen LogP contribution in [-0.4, -0.2) is 18.1 Å². The molecule has 2 aliphatic rings. The van der Waals surface area contributed by atoms with Crippen LogP contribution in [0.1, 0.15) is 49.2 Å². The second kappa shape index (κ2) is 4.67. The smallest absolute Gasteiger partial charge is 0.125 e. The molecule has 0 aliphatic heterocycles. The summed E-state index contributed by atoms with van der Waals surface area (Å²) in [5.41, 5.74) is 1.11. The third-order valence-corrected chi connectivity index (χ3v) is 4.97. The fourth-order valence-electron chi connectivity index (χ4n) is 2.59. The van der Waals surface area contributed by atoms with Gasteiger partial charge in [0.25, 0.3) is 0 Å². The summed E-state index contributed by atoms with van der Waals surface area (Å²) < 4.78 is 5.76. The number of thiazole rings is 1. The SMILES string of the molecule is COC1(c2nc(CNC3CC3)cs2)CCCC1. The molecule has 4 heteroatoms. The summed E-state index contributed by atoms with van der Waals surface area (Å²) >= 11 is 1.77. The fourth-order valence-corrected chi connectivity index (χ4v) is 3.64. The van der Waals surface area contributed by atoms with Crippen molar-refractivity contribution in [2.24, 2.45) is 0 Å². The van der Waals surface area contributed by atoms with Crippen molar-refractivity contribution in [3.05, 3.63) is 16.1 Å². The number of nitrogens with zero attached hydrogens (tertiary/aromatic N) is 1. The molecule has 0 amide bonds. The summed E-state index contributed by atoms with van der Waals surface area (Å²) in [6.45, 7) is 0.918. The molecule has 2 saturated carbocycles. The first kappa shape index (κ1) is 11.6. The highest BCUT2D eigenvalue weighted by Gasteiger charge is 2.38. The van der Waals surface area contributed by atoms with Gasteiger partial charge in [-0.2, -0.15) is 0 Å². The zero-order valence-corrected chi connectivity index (χ0v) is 11.2. The first-order valence-corrected chi connectivity index (χ1v) is 7.44. The van der Waals surface area contributed by atoms with Crippen LogP contribution in [0.2, 0.25) is 0 Å². The van der Waals surface area contributed by atoms with Gasteiger partial charge in [-0.05, 0) is 25.7 Å². The van der Waals surface area contributed by atoms with E-state index in [0.29, 0.717) is 0 Å². The number of methoxy groups -OCH3 is 1. The first-order valence-electron chi connectivity index (χ1n) is 6.56. The minimum atomic E-state index is -0.0670. The van der Waals surface area contributed by atoms with Crippen molar-refractivity contribution in [2.45, 2.75) is 56.7 Å². The largest absolute Gasteiger partial charge is 0.371 e. The monoisotopic (exact) mass is 252 g/mol. The van der Waals surface area contributed by atoms with Gasteiger partial charge in [0, 0.05) is 25.1 Å². The molecule has 94 valence electrons. The molecule has 0 radical (unpaired) electrons. The molecule has 2 aliphatic carbocycles. The van der Waals surface area contributed by atoms with Gasteiger partial charge in [-0.1, -0.05) is 12.8 Å². The number of rotatable bonds is 5. The Morgan fingerprint density at radius 3 is 2.88 bits per heavy atom. The summed E-state index contributed by atoms with van der Waals surface area (Å²) in [5, 5.41) is 6.88. The predicted molar refractivity (Wildman–Crippen MR) is 69.1 cm³/mol. The van der Waals surface area contributed by atoms with E-state index in [9.17, 15) is 0 Å². The van der Waals surface area contributed by atoms with Crippen molar-refractivity contribution in [1.82, 2.24) is 10.3 Å². The summed E-state index contributed by atoms with van der Waals surface area (Å²) in [6, 6.07) is 0.753. The molecular weight excluding hydrogens is 232 g/mol. The number of hydrogen-bond donors (Lipinski definition) is 1. The van der Waals surface area contributed by atoms with Crippen molar-refractivity contribution in [3.8, 4) is 0 Å². The van der Waals surface area contributed by atoms with E-state index in [4.69, 9.17) is 9.72 Å². The molecule has 1 aromatic heterocycles. The lowest BCUT2D eigenvalue weighted by Crippen LogP contribution is -2.24. The lowest BCUT2D eigenvalue weighted by Gasteiger charge is -2.24. The van der Waals surface area contributed by atoms with Crippen LogP contribution in [-0.2, 0) is 16.9 Å². The van der Waals surface area contributed by atoms with Gasteiger partial charge in [-0.15, -0.1) is 11.3 Å². The highest BCUT2D eigenvalue weighted by molar-refractivity contribution is 7.09. The summed E-state index contributed by atoms with van der Waals surface area (Å²) in [7, 11) is 1.83. The zero-order chi connectivity index (χ0) is 11.7. The first-order chi connectivity index (χ1) is 8.32. The highest BCUT2D eigenvalue weighted by Crippen LogP contribution is 2.42. The second-order valence-corrected chi connectivity index (χ2v) is 6.06. The van der Waals surface area contributed by atoms with Crippen LogP contribution < -0.4 is 5.32 Å². The van der Waals surface area contributed by atoms with Crippen molar-refractivity contribution in [1.29, 1.82) is 0 Å². The van der Waals surface area contributed by atoms with E-state index in [1.54, 1.807) is 11.3 Å². The van der Waals surface area contributed by atoms with Crippen molar-refractivity contribution < 1.29 is 4.74 Å². The van der Waals surface area contributed by atoms with Gasteiger partial charge in [0.05, 0.1) is 5.69 Å². The molecule has 0 spiro atoms. The molecule has 1 aromatic rings. The van der Waals surface area contributed by atoms with Crippen LogP contribution in [0.25, 0.3) is 0 Å². The van der Waals surface area contributed by atoms with E-state index < -0.39 is 0 Å². The molecule has 0 saturated heterocycles. The van der Waals surface area contributed by atoms with Gasteiger partial charge in [-0.25, -0.2) is 4.98 Å². The zero-order valence-electron chi connectivity index (χ0n) is 10.4. The Morgan fingerprint density at radius 1 is 1.47 bits per heavy atom. The average Bonchev–Trinajstić information content (AvgIpc) is 2.88. The van der Waals surface area contributed by atoms with E-state index in [-0.39, 0.29) is 5.60 Å². The Bertz CT molecular complexity index is 381. The Morgan fingerprint density at radius 2 is 2.24 bits per heavy atom. The molecule has 3 rings (SSSR count). The van der Waals surface area contributed by atoms with E-state index in [2.05, 4.69) is 10.7 Å². The van der Waals surface area contributed by atoms with Gasteiger partial charge in [-0.3, -0.25) is 0 Å². The molecule has 0 atom stereocenters. The number of hydrogen-bond acceptors (Lipinski definition) is 4. The van der Waals surface area contributed by atoms with E-state index >= 15 is 0 Å². The van der Waals surface area contributed by atoms with Crippen molar-refractivity contribution in [2.75, 3.05) is 7.11 Å². The van der Waals surface area contributed by atoms with Gasteiger partial charge in [0.2, 0.25) is 0 Å². The standard InChI is InChI=1S/C13H20N2OS/c1-16-13(6-2-3-7-13)12-15-11(9-17-12)8-14-10-4-5-10/h9-10,14H,2-8H2,1H3. The quantitative estimate of drug-likeness (QED) is 0.875. The van der Waals surface area contributed by atoms with Gasteiger partial charge >= 0.3 is 0 Å². The predicted octanol–water partition coefficient (Wildman–Crippen LogP) is 2.81. The number of aromatic nitrogens is 1. The summed E-state index contributed by atoms with van der Waals surface area (Å²) in [6.07, 6.45) is 7.46. The lowest BCUT2D eigenvalue weighted by atomic mass is 10.0. The van der Waals surface area contributed by atoms with Crippen LogP contribution in [0.3, 0.4) is 0 Å². The maximum Gasteiger partial charge on any atom is 0.125 e. The van der Waals surface area contributed by atoms with Gasteiger partial charge < -0.3 is 10.1 Å². The maximum absolute atomic E-state index is 5.76. The Labute approximate surface area is 107 Å². The Balaban J connectivity index is 1.69. The molecule has 3 nitrogen and oxygen atoms in total. The third-order valence-electron chi connectivity index (χ3n) is 3.89. The van der Waals surface area contributed by atoms with Crippen LogP contribution in [0.5, 0.6) is 0 Å². The fraction of sp³-hybridized carbons (Fsp3) is 0.769. The summed E-state index contributed by atoms with van der Waals surface area (Å²) in [5.74, 6) is 0. The minimum Gasteiger partial charge on any atom is -0.371 e. The topological polar surface area (TPSA) is 34.1 Å². The van der Waals surface area contributed by atoms with Gasteiger partial charge in [0.15, 0.2) is 0 Å². The Hall–Kier alpha value is -0.450. The number of ether oxygens (including phenoxy) is 1. The van der Waals surface area contributed by atoms with Crippen molar-refractivity contribution >= 4 is 11.3 Å². The second-order valence-electron chi connectivity index (χ2n) is 5.20. The molecule has 1 N–H and O–H groups in total. The van der Waals surface area contributed by atoms with E-state index in [1.807, 2.05) is 7.11 Å². The molecule has 1 heterocycles. The lowest BCUT2D eigenvalue weighted by molar-refractivity contribution is -0.00897. The van der Waals surface area contributed by atoms with E-state index in [0.717, 1.165) is 25.4 Å². The molecule has 0 unspecified atom stereocenters. The summed E-state index contributed by atoms with van der Waals surface area (Å²) in [4.78, 5) is 4.77. The van der Waals surface area contributed by atoms with Crippen LogP contribution >= 0.6 is 11.3 Å². The highest BCUT2D eigenvalue weighted by atomic mass is 32.1. The maximum atomic E-state index is 5.76. The third kappa shape index (κ3) is 2.39. The molecule has 17 heavy (non-hydrogen) atoms.